The van der Waals surface area contributed by atoms with Gasteiger partial charge in [0.25, 0.3) is 5.91 Å². The number of aromatic nitrogens is 1. The van der Waals surface area contributed by atoms with E-state index in [1.807, 2.05) is 12.3 Å². The van der Waals surface area contributed by atoms with E-state index >= 15 is 0 Å². The third-order valence-corrected chi connectivity index (χ3v) is 7.02. The number of nitrogens with one attached hydrogen (secondary N) is 1. The van der Waals surface area contributed by atoms with Gasteiger partial charge in [-0.25, -0.2) is 8.78 Å². The molecule has 1 N–H and O–H groups in total. The highest BCUT2D eigenvalue weighted by Gasteiger charge is 2.46. The van der Waals surface area contributed by atoms with Gasteiger partial charge in [-0.05, 0) is 104 Å². The molecule has 2 aliphatic rings. The van der Waals surface area contributed by atoms with Crippen LogP contribution in [0.5, 0.6) is 0 Å². The van der Waals surface area contributed by atoms with Crippen molar-refractivity contribution in [1.29, 1.82) is 0 Å². The Bertz CT molecular complexity index is 1080. The van der Waals surface area contributed by atoms with Gasteiger partial charge in [0, 0.05) is 23.2 Å². The summed E-state index contributed by atoms with van der Waals surface area (Å²) in [6.07, 6.45) is 8.23. The summed E-state index contributed by atoms with van der Waals surface area (Å²) in [5.74, 6) is -0.261. The van der Waals surface area contributed by atoms with Gasteiger partial charge in [0.2, 0.25) is 0 Å². The number of carbonyl (C=O) groups is 1. The average molecular weight is 406 g/mol. The maximum atomic E-state index is 13.8. The smallest absolute Gasteiger partial charge is 0.251 e. The molecule has 2 aromatic carbocycles. The van der Waals surface area contributed by atoms with Crippen molar-refractivity contribution < 1.29 is 13.6 Å². The van der Waals surface area contributed by atoms with E-state index in [1.54, 1.807) is 12.1 Å². The predicted octanol–water partition coefficient (Wildman–Crippen LogP) is 5.75. The summed E-state index contributed by atoms with van der Waals surface area (Å²) in [4.78, 5) is 16.7. The standard InChI is InChI=1S/C25H24F2N2O/c26-18-3-1-17(2-4-18)24(30)29-20-14-25(15-20)10-7-16(8-11-25)21-9-12-28-23-6-5-19(27)13-22(21)23/h1-6,9,12-13,16,20H,7-8,10-11,14-15H2,(H,29,30). The number of amides is 1. The first kappa shape index (κ1) is 19.2. The normalized spacial score (nSPS) is 25.8. The van der Waals surface area contributed by atoms with Crippen LogP contribution in [-0.4, -0.2) is 16.9 Å². The van der Waals surface area contributed by atoms with Crippen molar-refractivity contribution in [3.8, 4) is 0 Å². The highest BCUT2D eigenvalue weighted by Crippen LogP contribution is 2.55. The van der Waals surface area contributed by atoms with Gasteiger partial charge in [-0.3, -0.25) is 9.78 Å². The predicted molar refractivity (Wildman–Crippen MR) is 112 cm³/mol. The van der Waals surface area contributed by atoms with Crippen LogP contribution in [0, 0.1) is 17.0 Å². The molecule has 0 atom stereocenters. The van der Waals surface area contributed by atoms with E-state index in [4.69, 9.17) is 0 Å². The molecule has 2 aliphatic carbocycles. The fourth-order valence-corrected chi connectivity index (χ4v) is 5.40. The Hall–Kier alpha value is -2.82. The van der Waals surface area contributed by atoms with Crippen molar-refractivity contribution in [3.63, 3.8) is 0 Å². The monoisotopic (exact) mass is 406 g/mol. The fourth-order valence-electron chi connectivity index (χ4n) is 5.40. The lowest BCUT2D eigenvalue weighted by Gasteiger charge is -2.52. The highest BCUT2D eigenvalue weighted by atomic mass is 19.1. The van der Waals surface area contributed by atoms with E-state index < -0.39 is 0 Å². The molecule has 1 heterocycles. The molecule has 0 unspecified atom stereocenters. The molecule has 5 rings (SSSR count). The Balaban J connectivity index is 1.20. The third-order valence-electron chi connectivity index (χ3n) is 7.02. The minimum absolute atomic E-state index is 0.131. The van der Waals surface area contributed by atoms with Crippen LogP contribution >= 0.6 is 0 Å². The van der Waals surface area contributed by atoms with E-state index in [1.165, 1.54) is 35.9 Å². The molecule has 2 saturated carbocycles. The molecule has 1 spiro atoms. The van der Waals surface area contributed by atoms with Crippen molar-refractivity contribution in [3.05, 3.63) is 77.5 Å². The molecular weight excluding hydrogens is 382 g/mol. The Kier molecular flexibility index (Phi) is 4.76. The molecule has 30 heavy (non-hydrogen) atoms. The second-order valence-corrected chi connectivity index (χ2v) is 8.92. The summed E-state index contributed by atoms with van der Waals surface area (Å²) in [6, 6.07) is 12.7. The zero-order valence-electron chi connectivity index (χ0n) is 16.7. The first-order valence-corrected chi connectivity index (χ1v) is 10.6. The van der Waals surface area contributed by atoms with Crippen LogP contribution < -0.4 is 5.32 Å². The summed E-state index contributed by atoms with van der Waals surface area (Å²) in [5.41, 5.74) is 2.86. The van der Waals surface area contributed by atoms with Gasteiger partial charge in [0.1, 0.15) is 11.6 Å². The maximum absolute atomic E-state index is 13.8. The molecule has 0 saturated heterocycles. The van der Waals surface area contributed by atoms with E-state index in [0.717, 1.165) is 49.4 Å². The van der Waals surface area contributed by atoms with E-state index in [9.17, 15) is 13.6 Å². The lowest BCUT2D eigenvalue weighted by Crippen LogP contribution is -2.51. The Morgan fingerprint density at radius 1 is 0.967 bits per heavy atom. The van der Waals surface area contributed by atoms with Crippen LogP contribution in [0.15, 0.2) is 54.7 Å². The Morgan fingerprint density at radius 3 is 2.40 bits per heavy atom. The number of hydrogen-bond acceptors (Lipinski definition) is 2. The van der Waals surface area contributed by atoms with Crippen molar-refractivity contribution in [1.82, 2.24) is 10.3 Å². The van der Waals surface area contributed by atoms with Crippen LogP contribution in [0.1, 0.15) is 60.4 Å². The quantitative estimate of drug-likeness (QED) is 0.602. The lowest BCUT2D eigenvalue weighted by molar-refractivity contribution is 0.0311. The van der Waals surface area contributed by atoms with Crippen molar-refractivity contribution >= 4 is 16.8 Å². The van der Waals surface area contributed by atoms with Gasteiger partial charge in [-0.1, -0.05) is 0 Å². The molecular formula is C25H24F2N2O. The zero-order valence-corrected chi connectivity index (χ0v) is 16.7. The largest absolute Gasteiger partial charge is 0.349 e. The summed E-state index contributed by atoms with van der Waals surface area (Å²) in [6.45, 7) is 0. The van der Waals surface area contributed by atoms with E-state index in [-0.39, 0.29) is 23.6 Å². The molecule has 3 nitrogen and oxygen atoms in total. The molecule has 1 amide bonds. The van der Waals surface area contributed by atoms with Crippen LogP contribution in [0.4, 0.5) is 8.78 Å². The fraction of sp³-hybridized carbons (Fsp3) is 0.360. The molecule has 0 radical (unpaired) electrons. The van der Waals surface area contributed by atoms with Crippen LogP contribution in [0.2, 0.25) is 0 Å². The SMILES string of the molecule is O=C(NC1CC2(CCC(c3ccnc4ccc(F)cc34)CC2)C1)c1ccc(F)cc1. The summed E-state index contributed by atoms with van der Waals surface area (Å²) in [5, 5.41) is 4.01. The molecule has 0 aliphatic heterocycles. The van der Waals surface area contributed by atoms with Crippen molar-refractivity contribution in [2.75, 3.05) is 0 Å². The second-order valence-electron chi connectivity index (χ2n) is 8.92. The van der Waals surface area contributed by atoms with E-state index in [0.29, 0.717) is 16.9 Å². The summed E-state index contributed by atoms with van der Waals surface area (Å²) in [7, 11) is 0. The average Bonchev–Trinajstić information content (AvgIpc) is 2.73. The molecule has 0 bridgehead atoms. The number of nitrogens with zero attached hydrogens (tertiary/aromatic N) is 1. The second kappa shape index (κ2) is 7.46. The van der Waals surface area contributed by atoms with Crippen LogP contribution in [0.3, 0.4) is 0 Å². The number of benzene rings is 2. The lowest BCUT2D eigenvalue weighted by atomic mass is 9.56. The maximum Gasteiger partial charge on any atom is 0.251 e. The topological polar surface area (TPSA) is 42.0 Å². The number of carbonyl (C=O) groups excluding carboxylic acids is 1. The third kappa shape index (κ3) is 3.57. The first-order chi connectivity index (χ1) is 14.5. The molecule has 5 heteroatoms. The van der Waals surface area contributed by atoms with Crippen molar-refractivity contribution in [2.45, 2.75) is 50.5 Å². The van der Waals surface area contributed by atoms with Gasteiger partial charge in [-0.2, -0.15) is 0 Å². The first-order valence-electron chi connectivity index (χ1n) is 10.6. The van der Waals surface area contributed by atoms with E-state index in [2.05, 4.69) is 10.3 Å². The Morgan fingerprint density at radius 2 is 1.67 bits per heavy atom. The minimum Gasteiger partial charge on any atom is -0.349 e. The van der Waals surface area contributed by atoms with Gasteiger partial charge < -0.3 is 5.32 Å². The van der Waals surface area contributed by atoms with Gasteiger partial charge in [0.15, 0.2) is 0 Å². The van der Waals surface area contributed by atoms with Gasteiger partial charge in [0.05, 0.1) is 5.52 Å². The number of halogens is 2. The van der Waals surface area contributed by atoms with Gasteiger partial charge in [-0.15, -0.1) is 0 Å². The number of fused-ring (bicyclic) bond motifs is 1. The summed E-state index contributed by atoms with van der Waals surface area (Å²) < 4.78 is 26.8. The molecule has 2 fully saturated rings. The minimum atomic E-state index is -0.337. The van der Waals surface area contributed by atoms with Crippen molar-refractivity contribution in [2.24, 2.45) is 5.41 Å². The molecule has 3 aromatic rings. The summed E-state index contributed by atoms with van der Waals surface area (Å²) >= 11 is 0. The molecule has 154 valence electrons. The Labute approximate surface area is 174 Å². The zero-order chi connectivity index (χ0) is 20.7. The van der Waals surface area contributed by atoms with Crippen LogP contribution in [-0.2, 0) is 0 Å². The molecule has 1 aromatic heterocycles. The van der Waals surface area contributed by atoms with Gasteiger partial charge >= 0.3 is 0 Å². The number of rotatable bonds is 3. The number of pyridine rings is 1. The number of hydrogen-bond donors (Lipinski definition) is 1. The highest BCUT2D eigenvalue weighted by molar-refractivity contribution is 5.94. The van der Waals surface area contributed by atoms with Crippen LogP contribution in [0.25, 0.3) is 10.9 Å².